The maximum Gasteiger partial charge on any atom is 0.343 e. The number of carbonyl (C=O) groups excluding carboxylic acids is 2. The average molecular weight is 363 g/mol. The maximum absolute atomic E-state index is 12.3. The molecular formula is C20H17N3O4. The predicted molar refractivity (Wildman–Crippen MR) is 97.5 cm³/mol. The van der Waals surface area contributed by atoms with Gasteiger partial charge in [0.05, 0.1) is 5.56 Å². The summed E-state index contributed by atoms with van der Waals surface area (Å²) in [6, 6.07) is 13.7. The molecule has 1 amide bonds. The Morgan fingerprint density at radius 3 is 2.44 bits per heavy atom. The van der Waals surface area contributed by atoms with E-state index < -0.39 is 5.97 Å². The van der Waals surface area contributed by atoms with Crippen LogP contribution in [-0.4, -0.2) is 28.6 Å². The molecule has 7 nitrogen and oxygen atoms in total. The summed E-state index contributed by atoms with van der Waals surface area (Å²) in [7, 11) is 0. The lowest BCUT2D eigenvalue weighted by molar-refractivity contribution is -0.117. The molecule has 1 aromatic heterocycles. The van der Waals surface area contributed by atoms with Gasteiger partial charge in [0.1, 0.15) is 5.75 Å². The van der Waals surface area contributed by atoms with Gasteiger partial charge < -0.3 is 14.2 Å². The highest BCUT2D eigenvalue weighted by atomic mass is 16.5. The quantitative estimate of drug-likeness (QED) is 0.522. The first-order chi connectivity index (χ1) is 13.1. The van der Waals surface area contributed by atoms with Crippen LogP contribution in [-0.2, 0) is 4.79 Å². The summed E-state index contributed by atoms with van der Waals surface area (Å²) in [5, 5.41) is 3.74. The molecule has 0 N–H and O–H groups in total. The fraction of sp³-hybridized carbons (Fsp3) is 0.200. The molecule has 27 heavy (non-hydrogen) atoms. The minimum atomic E-state index is -0.465. The summed E-state index contributed by atoms with van der Waals surface area (Å²) in [6.07, 6.45) is 1.45. The van der Waals surface area contributed by atoms with Gasteiger partial charge in [-0.05, 0) is 61.9 Å². The zero-order valence-electron chi connectivity index (χ0n) is 14.7. The molecule has 0 bridgehead atoms. The monoisotopic (exact) mass is 363 g/mol. The molecule has 0 radical (unpaired) electrons. The van der Waals surface area contributed by atoms with E-state index in [9.17, 15) is 9.59 Å². The number of hydrogen-bond acceptors (Lipinski definition) is 6. The van der Waals surface area contributed by atoms with Crippen molar-refractivity contribution in [1.29, 1.82) is 0 Å². The van der Waals surface area contributed by atoms with E-state index in [0.717, 1.165) is 24.2 Å². The maximum atomic E-state index is 12.3. The number of rotatable bonds is 4. The lowest BCUT2D eigenvalue weighted by atomic mass is 10.1. The van der Waals surface area contributed by atoms with Crippen LogP contribution in [0, 0.1) is 6.92 Å². The summed E-state index contributed by atoms with van der Waals surface area (Å²) >= 11 is 0. The molecule has 1 aliphatic heterocycles. The Bertz CT molecular complexity index is 977. The van der Waals surface area contributed by atoms with Crippen molar-refractivity contribution in [2.75, 3.05) is 11.4 Å². The smallest absolute Gasteiger partial charge is 0.343 e. The largest absolute Gasteiger partial charge is 0.423 e. The van der Waals surface area contributed by atoms with Crippen LogP contribution < -0.4 is 9.64 Å². The molecule has 2 aromatic carbocycles. The second-order valence-electron chi connectivity index (χ2n) is 6.26. The van der Waals surface area contributed by atoms with Crippen molar-refractivity contribution in [2.45, 2.75) is 19.8 Å². The molecule has 1 fully saturated rings. The van der Waals surface area contributed by atoms with Crippen LogP contribution in [0.2, 0.25) is 0 Å². The third-order valence-corrected chi connectivity index (χ3v) is 4.33. The van der Waals surface area contributed by atoms with E-state index in [0.29, 0.717) is 29.4 Å². The highest BCUT2D eigenvalue weighted by molar-refractivity contribution is 5.95. The molecule has 3 aromatic rings. The Morgan fingerprint density at radius 1 is 1.11 bits per heavy atom. The van der Waals surface area contributed by atoms with E-state index in [1.54, 1.807) is 60.4 Å². The number of ether oxygens (including phenoxy) is 1. The molecule has 2 heterocycles. The van der Waals surface area contributed by atoms with Gasteiger partial charge >= 0.3 is 5.97 Å². The number of anilines is 1. The van der Waals surface area contributed by atoms with Crippen molar-refractivity contribution in [3.63, 3.8) is 0 Å². The van der Waals surface area contributed by atoms with Crippen molar-refractivity contribution in [3.8, 4) is 17.2 Å². The van der Waals surface area contributed by atoms with Crippen molar-refractivity contribution in [1.82, 2.24) is 10.1 Å². The Balaban J connectivity index is 1.43. The molecule has 1 aliphatic rings. The number of amides is 1. The SMILES string of the molecule is Cc1noc(-c2ccc(C(=O)Oc3ccc(N4CCCC4=O)cc3)cc2)n1. The molecule has 0 spiro atoms. The second kappa shape index (κ2) is 7.03. The Labute approximate surface area is 155 Å². The number of aromatic nitrogens is 2. The molecule has 7 heteroatoms. The fourth-order valence-corrected chi connectivity index (χ4v) is 2.94. The first-order valence-corrected chi connectivity index (χ1v) is 8.63. The summed E-state index contributed by atoms with van der Waals surface area (Å²) < 4.78 is 10.5. The van der Waals surface area contributed by atoms with Crippen LogP contribution in [0.5, 0.6) is 5.75 Å². The molecule has 1 saturated heterocycles. The molecule has 0 saturated carbocycles. The number of carbonyl (C=O) groups is 2. The van der Waals surface area contributed by atoms with Gasteiger partial charge in [0.15, 0.2) is 5.82 Å². The van der Waals surface area contributed by atoms with Crippen molar-refractivity contribution in [3.05, 3.63) is 59.9 Å². The van der Waals surface area contributed by atoms with Gasteiger partial charge in [-0.25, -0.2) is 4.79 Å². The topological polar surface area (TPSA) is 85.5 Å². The second-order valence-corrected chi connectivity index (χ2v) is 6.26. The Morgan fingerprint density at radius 2 is 1.85 bits per heavy atom. The lowest BCUT2D eigenvalue weighted by Gasteiger charge is -2.15. The zero-order valence-corrected chi connectivity index (χ0v) is 14.7. The standard InChI is InChI=1S/C20H17N3O4/c1-13-21-19(27-22-13)14-4-6-15(7-5-14)20(25)26-17-10-8-16(9-11-17)23-12-2-3-18(23)24/h4-11H,2-3,12H2,1H3. The van der Waals surface area contributed by atoms with E-state index in [-0.39, 0.29) is 5.91 Å². The van der Waals surface area contributed by atoms with Crippen LogP contribution in [0.25, 0.3) is 11.5 Å². The van der Waals surface area contributed by atoms with Gasteiger partial charge in [0.2, 0.25) is 5.91 Å². The molecule has 0 aliphatic carbocycles. The Hall–Kier alpha value is -3.48. The van der Waals surface area contributed by atoms with Gasteiger partial charge in [-0.1, -0.05) is 5.16 Å². The van der Waals surface area contributed by atoms with E-state index in [2.05, 4.69) is 10.1 Å². The third kappa shape index (κ3) is 3.57. The number of benzene rings is 2. The predicted octanol–water partition coefficient (Wildman–Crippen LogP) is 3.39. The van der Waals surface area contributed by atoms with Crippen molar-refractivity contribution >= 4 is 17.6 Å². The number of nitrogens with zero attached hydrogens (tertiary/aromatic N) is 3. The van der Waals surface area contributed by atoms with Gasteiger partial charge in [-0.15, -0.1) is 0 Å². The molecule has 0 atom stereocenters. The summed E-state index contributed by atoms with van der Waals surface area (Å²) in [6.45, 7) is 2.47. The Kier molecular flexibility index (Phi) is 4.42. The summed E-state index contributed by atoms with van der Waals surface area (Å²) in [5.74, 6) is 1.03. The molecule has 4 rings (SSSR count). The van der Waals surface area contributed by atoms with E-state index >= 15 is 0 Å². The number of aryl methyl sites for hydroxylation is 1. The van der Waals surface area contributed by atoms with Gasteiger partial charge in [0, 0.05) is 24.2 Å². The van der Waals surface area contributed by atoms with Crippen LogP contribution in [0.3, 0.4) is 0 Å². The first kappa shape index (κ1) is 17.0. The van der Waals surface area contributed by atoms with Gasteiger partial charge in [0.25, 0.3) is 5.89 Å². The molecular weight excluding hydrogens is 346 g/mol. The van der Waals surface area contributed by atoms with E-state index in [4.69, 9.17) is 9.26 Å². The highest BCUT2D eigenvalue weighted by Crippen LogP contribution is 2.24. The molecule has 0 unspecified atom stereocenters. The fourth-order valence-electron chi connectivity index (χ4n) is 2.94. The minimum Gasteiger partial charge on any atom is -0.423 e. The zero-order chi connectivity index (χ0) is 18.8. The average Bonchev–Trinajstić information content (AvgIpc) is 3.31. The normalized spacial score (nSPS) is 13.8. The molecule has 136 valence electrons. The summed E-state index contributed by atoms with van der Waals surface area (Å²) in [4.78, 5) is 30.0. The third-order valence-electron chi connectivity index (χ3n) is 4.33. The van der Waals surface area contributed by atoms with E-state index in [1.165, 1.54) is 0 Å². The van der Waals surface area contributed by atoms with Crippen molar-refractivity contribution in [2.24, 2.45) is 0 Å². The van der Waals surface area contributed by atoms with Crippen molar-refractivity contribution < 1.29 is 18.8 Å². The first-order valence-electron chi connectivity index (χ1n) is 8.63. The number of hydrogen-bond donors (Lipinski definition) is 0. The summed E-state index contributed by atoms with van der Waals surface area (Å²) in [5.41, 5.74) is 1.96. The van der Waals surface area contributed by atoms with Gasteiger partial charge in [-0.3, -0.25) is 4.79 Å². The number of esters is 1. The van der Waals surface area contributed by atoms with Crippen LogP contribution >= 0.6 is 0 Å². The van der Waals surface area contributed by atoms with Crippen LogP contribution in [0.1, 0.15) is 29.0 Å². The van der Waals surface area contributed by atoms with Gasteiger partial charge in [-0.2, -0.15) is 4.98 Å². The van der Waals surface area contributed by atoms with Crippen LogP contribution in [0.15, 0.2) is 53.1 Å². The lowest BCUT2D eigenvalue weighted by Crippen LogP contribution is -2.23. The highest BCUT2D eigenvalue weighted by Gasteiger charge is 2.21. The minimum absolute atomic E-state index is 0.122. The van der Waals surface area contributed by atoms with E-state index in [1.807, 2.05) is 0 Å². The van der Waals surface area contributed by atoms with Crippen LogP contribution in [0.4, 0.5) is 5.69 Å².